The Morgan fingerprint density at radius 1 is 1.07 bits per heavy atom. The van der Waals surface area contributed by atoms with Gasteiger partial charge in [-0.05, 0) is 36.5 Å². The SMILES string of the molecule is CCCN1C(=O)C(O)=C(C(=O)CCc2ccccc2)C1c1ccccc1C. The second kappa shape index (κ2) is 8.21. The van der Waals surface area contributed by atoms with E-state index in [4.69, 9.17) is 0 Å². The molecule has 0 aromatic heterocycles. The Morgan fingerprint density at radius 2 is 1.74 bits per heavy atom. The van der Waals surface area contributed by atoms with Crippen LogP contribution in [0.2, 0.25) is 0 Å². The van der Waals surface area contributed by atoms with Gasteiger partial charge in [-0.25, -0.2) is 0 Å². The molecule has 1 heterocycles. The highest BCUT2D eigenvalue weighted by atomic mass is 16.3. The lowest BCUT2D eigenvalue weighted by atomic mass is 9.91. The first-order valence-corrected chi connectivity index (χ1v) is 9.41. The van der Waals surface area contributed by atoms with Gasteiger partial charge in [-0.2, -0.15) is 0 Å². The molecule has 2 aromatic carbocycles. The third-order valence-corrected chi connectivity index (χ3v) is 5.04. The van der Waals surface area contributed by atoms with Gasteiger partial charge in [0, 0.05) is 13.0 Å². The second-order valence-corrected chi connectivity index (χ2v) is 6.93. The molecule has 4 heteroatoms. The topological polar surface area (TPSA) is 57.6 Å². The number of amides is 1. The van der Waals surface area contributed by atoms with Crippen LogP contribution in [0.5, 0.6) is 0 Å². The van der Waals surface area contributed by atoms with E-state index in [1.807, 2.05) is 68.4 Å². The molecule has 0 radical (unpaired) electrons. The third-order valence-electron chi connectivity index (χ3n) is 5.04. The summed E-state index contributed by atoms with van der Waals surface area (Å²) in [6.07, 6.45) is 1.60. The lowest BCUT2D eigenvalue weighted by Gasteiger charge is -2.27. The molecule has 0 fully saturated rings. The first-order chi connectivity index (χ1) is 13.0. The maximum absolute atomic E-state index is 13.0. The minimum absolute atomic E-state index is 0.170. The normalized spacial score (nSPS) is 16.9. The van der Waals surface area contributed by atoms with Crippen molar-refractivity contribution in [1.29, 1.82) is 0 Å². The molecule has 140 valence electrons. The fourth-order valence-corrected chi connectivity index (χ4v) is 3.66. The number of benzene rings is 2. The molecule has 0 saturated heterocycles. The molecule has 1 amide bonds. The van der Waals surface area contributed by atoms with Crippen LogP contribution in [-0.2, 0) is 16.0 Å². The van der Waals surface area contributed by atoms with Gasteiger partial charge in [0.15, 0.2) is 11.5 Å². The third kappa shape index (κ3) is 3.80. The zero-order valence-electron chi connectivity index (χ0n) is 15.8. The molecule has 1 unspecified atom stereocenters. The maximum Gasteiger partial charge on any atom is 0.290 e. The van der Waals surface area contributed by atoms with Crippen LogP contribution in [-0.4, -0.2) is 28.2 Å². The van der Waals surface area contributed by atoms with Gasteiger partial charge in [-0.3, -0.25) is 9.59 Å². The number of carbonyl (C=O) groups is 2. The Balaban J connectivity index is 1.93. The van der Waals surface area contributed by atoms with E-state index in [0.717, 1.165) is 23.1 Å². The highest BCUT2D eigenvalue weighted by Crippen LogP contribution is 2.39. The molecule has 1 N–H and O–H groups in total. The predicted molar refractivity (Wildman–Crippen MR) is 105 cm³/mol. The van der Waals surface area contributed by atoms with Crippen molar-refractivity contribution in [3.8, 4) is 0 Å². The van der Waals surface area contributed by atoms with E-state index in [0.29, 0.717) is 13.0 Å². The van der Waals surface area contributed by atoms with Gasteiger partial charge < -0.3 is 10.0 Å². The number of Topliss-reactive ketones (excluding diaryl/α,β-unsaturated/α-hetero) is 1. The fraction of sp³-hybridized carbons (Fsp3) is 0.304. The molecule has 0 bridgehead atoms. The number of hydrogen-bond donors (Lipinski definition) is 1. The number of aliphatic hydroxyl groups excluding tert-OH is 1. The predicted octanol–water partition coefficient (Wildman–Crippen LogP) is 4.30. The van der Waals surface area contributed by atoms with Crippen LogP contribution < -0.4 is 0 Å². The lowest BCUT2D eigenvalue weighted by molar-refractivity contribution is -0.129. The van der Waals surface area contributed by atoms with Crippen molar-refractivity contribution in [2.24, 2.45) is 0 Å². The van der Waals surface area contributed by atoms with Crippen LogP contribution in [0.4, 0.5) is 0 Å². The highest BCUT2D eigenvalue weighted by Gasteiger charge is 2.43. The summed E-state index contributed by atoms with van der Waals surface area (Å²) in [6, 6.07) is 17.0. The molecule has 1 aliphatic rings. The molecule has 0 spiro atoms. The van der Waals surface area contributed by atoms with Crippen molar-refractivity contribution in [2.75, 3.05) is 6.54 Å². The number of aryl methyl sites for hydroxylation is 2. The van der Waals surface area contributed by atoms with Crippen molar-refractivity contribution in [3.63, 3.8) is 0 Å². The van der Waals surface area contributed by atoms with Gasteiger partial charge in [0.1, 0.15) is 0 Å². The Bertz CT molecular complexity index is 870. The minimum atomic E-state index is -0.512. The smallest absolute Gasteiger partial charge is 0.290 e. The quantitative estimate of drug-likeness (QED) is 0.798. The van der Waals surface area contributed by atoms with Crippen molar-refractivity contribution < 1.29 is 14.7 Å². The second-order valence-electron chi connectivity index (χ2n) is 6.93. The van der Waals surface area contributed by atoms with Crippen LogP contribution in [0.15, 0.2) is 65.9 Å². The Hall–Kier alpha value is -2.88. The van der Waals surface area contributed by atoms with E-state index in [-0.39, 0.29) is 17.8 Å². The first kappa shape index (κ1) is 18.9. The maximum atomic E-state index is 13.0. The number of rotatable bonds is 7. The van der Waals surface area contributed by atoms with Crippen molar-refractivity contribution in [1.82, 2.24) is 4.90 Å². The Kier molecular flexibility index (Phi) is 5.75. The van der Waals surface area contributed by atoms with Crippen molar-refractivity contribution in [2.45, 2.75) is 39.2 Å². The van der Waals surface area contributed by atoms with E-state index < -0.39 is 17.7 Å². The van der Waals surface area contributed by atoms with Crippen molar-refractivity contribution >= 4 is 11.7 Å². The number of nitrogens with zero attached hydrogens (tertiary/aromatic N) is 1. The molecule has 2 aromatic rings. The van der Waals surface area contributed by atoms with E-state index in [2.05, 4.69) is 0 Å². The molecular weight excluding hydrogens is 338 g/mol. The fourth-order valence-electron chi connectivity index (χ4n) is 3.66. The highest BCUT2D eigenvalue weighted by molar-refractivity contribution is 6.09. The van der Waals surface area contributed by atoms with Crippen LogP contribution in [0.3, 0.4) is 0 Å². The van der Waals surface area contributed by atoms with Gasteiger partial charge >= 0.3 is 0 Å². The van der Waals surface area contributed by atoms with E-state index >= 15 is 0 Å². The summed E-state index contributed by atoms with van der Waals surface area (Å²) in [5.41, 5.74) is 3.19. The van der Waals surface area contributed by atoms with E-state index in [1.54, 1.807) is 4.90 Å². The summed E-state index contributed by atoms with van der Waals surface area (Å²) >= 11 is 0. The molecule has 1 aliphatic heterocycles. The summed E-state index contributed by atoms with van der Waals surface area (Å²) in [5, 5.41) is 10.5. The average Bonchev–Trinajstić information content (AvgIpc) is 2.92. The van der Waals surface area contributed by atoms with Gasteiger partial charge in [0.05, 0.1) is 11.6 Å². The number of hydrogen-bond acceptors (Lipinski definition) is 3. The molecule has 3 rings (SSSR count). The summed E-state index contributed by atoms with van der Waals surface area (Å²) in [6.45, 7) is 4.44. The number of aliphatic hydroxyl groups is 1. The Morgan fingerprint density at radius 3 is 2.41 bits per heavy atom. The van der Waals surface area contributed by atoms with Gasteiger partial charge in [-0.15, -0.1) is 0 Å². The standard InChI is InChI=1S/C23H25NO3/c1-3-15-24-21(18-12-8-7-9-16(18)2)20(22(26)23(24)27)19(25)14-13-17-10-5-4-6-11-17/h4-12,21,26H,3,13-15H2,1-2H3. The molecule has 1 atom stereocenters. The van der Waals surface area contributed by atoms with Gasteiger partial charge in [0.25, 0.3) is 5.91 Å². The summed E-state index contributed by atoms with van der Waals surface area (Å²) in [4.78, 5) is 27.3. The monoisotopic (exact) mass is 363 g/mol. The van der Waals surface area contributed by atoms with Gasteiger partial charge in [-0.1, -0.05) is 61.5 Å². The number of carbonyl (C=O) groups excluding carboxylic acids is 2. The molecule has 0 aliphatic carbocycles. The average molecular weight is 363 g/mol. The largest absolute Gasteiger partial charge is 0.503 e. The Labute approximate surface area is 160 Å². The van der Waals surface area contributed by atoms with E-state index in [9.17, 15) is 14.7 Å². The first-order valence-electron chi connectivity index (χ1n) is 9.41. The van der Waals surface area contributed by atoms with E-state index in [1.165, 1.54) is 0 Å². The molecule has 4 nitrogen and oxygen atoms in total. The van der Waals surface area contributed by atoms with Crippen LogP contribution in [0, 0.1) is 6.92 Å². The van der Waals surface area contributed by atoms with Crippen molar-refractivity contribution in [3.05, 3.63) is 82.6 Å². The van der Waals surface area contributed by atoms with Crippen LogP contribution in [0.1, 0.15) is 42.5 Å². The molecule has 0 saturated carbocycles. The summed E-state index contributed by atoms with van der Waals surface area (Å²) in [7, 11) is 0. The van der Waals surface area contributed by atoms with Crippen LogP contribution >= 0.6 is 0 Å². The zero-order valence-corrected chi connectivity index (χ0v) is 15.8. The zero-order chi connectivity index (χ0) is 19.4. The van der Waals surface area contributed by atoms with Crippen LogP contribution in [0.25, 0.3) is 0 Å². The molecule has 27 heavy (non-hydrogen) atoms. The number of ketones is 1. The summed E-state index contributed by atoms with van der Waals surface area (Å²) < 4.78 is 0. The molecular formula is C23H25NO3. The minimum Gasteiger partial charge on any atom is -0.503 e. The lowest BCUT2D eigenvalue weighted by Crippen LogP contribution is -2.32. The van der Waals surface area contributed by atoms with Gasteiger partial charge in [0.2, 0.25) is 0 Å². The summed E-state index contributed by atoms with van der Waals surface area (Å²) in [5.74, 6) is -1.01.